The lowest BCUT2D eigenvalue weighted by atomic mass is 10.0. The van der Waals surface area contributed by atoms with Crippen LogP contribution in [0.5, 0.6) is 0 Å². The fourth-order valence-corrected chi connectivity index (χ4v) is 3.15. The van der Waals surface area contributed by atoms with Gasteiger partial charge in [-0.2, -0.15) is 0 Å². The highest BCUT2D eigenvalue weighted by atomic mass is 16.5. The molecule has 31 heavy (non-hydrogen) atoms. The maximum absolute atomic E-state index is 10.2. The summed E-state index contributed by atoms with van der Waals surface area (Å²) in [6.45, 7) is 1.08. The fourth-order valence-electron chi connectivity index (χ4n) is 3.15. The minimum atomic E-state index is -0.757. The van der Waals surface area contributed by atoms with Crippen LogP contribution in [0.1, 0.15) is 11.1 Å². The first-order chi connectivity index (χ1) is 14.9. The van der Waals surface area contributed by atoms with Crippen LogP contribution >= 0.6 is 0 Å². The van der Waals surface area contributed by atoms with E-state index in [0.29, 0.717) is 37.3 Å². The summed E-state index contributed by atoms with van der Waals surface area (Å²) in [7, 11) is 0. The zero-order valence-electron chi connectivity index (χ0n) is 17.6. The molecule has 0 saturated carbocycles. The van der Waals surface area contributed by atoms with Crippen LogP contribution in [0, 0.1) is 0 Å². The monoisotopic (exact) mass is 434 g/mol. The lowest BCUT2D eigenvalue weighted by Crippen LogP contribution is -2.24. The van der Waals surface area contributed by atoms with Crippen LogP contribution in [-0.2, 0) is 17.6 Å². The first-order valence-corrected chi connectivity index (χ1v) is 10.3. The van der Waals surface area contributed by atoms with Crippen LogP contribution in [-0.4, -0.2) is 72.2 Å². The Morgan fingerprint density at radius 1 is 0.742 bits per heavy atom. The lowest BCUT2D eigenvalue weighted by Gasteiger charge is -2.17. The van der Waals surface area contributed by atoms with Crippen LogP contribution in [0.25, 0.3) is 0 Å². The number of nitrogens with two attached hydrogens (primary N) is 2. The second kappa shape index (κ2) is 13.0. The average molecular weight is 435 g/mol. The van der Waals surface area contributed by atoms with Gasteiger partial charge in [-0.25, -0.2) is 0 Å². The molecule has 2 aromatic carbocycles. The molecule has 0 aliphatic heterocycles. The SMILES string of the molecule is Nc1cc(NCCO)ccc1CC(O)COCC(O)Cc1ccc(NCCO)cc1N. The van der Waals surface area contributed by atoms with Crippen molar-refractivity contribution in [3.8, 4) is 0 Å². The standard InChI is InChI=1S/C22H34N4O5/c23-21-11-17(25-5-7-27)3-1-15(21)9-19(29)13-31-14-20(30)10-16-2-4-18(12-22(16)24)26-6-8-28/h1-4,11-12,19-20,25-30H,5-10,13-14,23-24H2. The number of aliphatic hydroxyl groups is 4. The van der Waals surface area contributed by atoms with Crippen molar-refractivity contribution >= 4 is 22.7 Å². The Balaban J connectivity index is 1.75. The lowest BCUT2D eigenvalue weighted by molar-refractivity contribution is -0.00661. The Kier molecular flexibility index (Phi) is 10.3. The number of hydrogen-bond donors (Lipinski definition) is 8. The molecule has 0 aromatic heterocycles. The first-order valence-electron chi connectivity index (χ1n) is 10.3. The Morgan fingerprint density at radius 2 is 1.16 bits per heavy atom. The Hall–Kier alpha value is -2.56. The highest BCUT2D eigenvalue weighted by molar-refractivity contribution is 5.59. The number of anilines is 4. The van der Waals surface area contributed by atoms with E-state index in [2.05, 4.69) is 10.6 Å². The number of hydrogen-bond acceptors (Lipinski definition) is 9. The average Bonchev–Trinajstić information content (AvgIpc) is 2.74. The Labute approximate surface area is 182 Å². The van der Waals surface area contributed by atoms with E-state index in [1.807, 2.05) is 24.3 Å². The normalized spacial score (nSPS) is 13.0. The van der Waals surface area contributed by atoms with E-state index < -0.39 is 12.2 Å². The topological polar surface area (TPSA) is 166 Å². The molecule has 0 fully saturated rings. The molecule has 2 aromatic rings. The number of rotatable bonds is 14. The first kappa shape index (κ1) is 24.7. The molecular formula is C22H34N4O5. The minimum absolute atomic E-state index is 0.0310. The molecule has 172 valence electrons. The molecule has 0 aliphatic rings. The number of ether oxygens (including phenoxy) is 1. The summed E-state index contributed by atoms with van der Waals surface area (Å²) in [4.78, 5) is 0. The van der Waals surface area contributed by atoms with Crippen LogP contribution < -0.4 is 22.1 Å². The van der Waals surface area contributed by atoms with Gasteiger partial charge < -0.3 is 47.3 Å². The van der Waals surface area contributed by atoms with Gasteiger partial charge >= 0.3 is 0 Å². The van der Waals surface area contributed by atoms with Gasteiger partial charge in [-0.15, -0.1) is 0 Å². The van der Waals surface area contributed by atoms with Crippen molar-refractivity contribution in [2.75, 3.05) is 61.6 Å². The summed E-state index contributed by atoms with van der Waals surface area (Å²) in [5.41, 5.74) is 16.4. The van der Waals surface area contributed by atoms with Gasteiger partial charge in [0.1, 0.15) is 0 Å². The molecule has 0 heterocycles. The molecule has 0 saturated heterocycles. The zero-order valence-corrected chi connectivity index (χ0v) is 17.6. The highest BCUT2D eigenvalue weighted by Gasteiger charge is 2.13. The molecule has 2 rings (SSSR count). The van der Waals surface area contributed by atoms with Gasteiger partial charge in [0.2, 0.25) is 0 Å². The molecule has 0 spiro atoms. The van der Waals surface area contributed by atoms with Crippen molar-refractivity contribution in [2.45, 2.75) is 25.0 Å². The van der Waals surface area contributed by atoms with E-state index in [1.54, 1.807) is 12.1 Å². The van der Waals surface area contributed by atoms with Gasteiger partial charge in [-0.05, 0) is 35.4 Å². The van der Waals surface area contributed by atoms with Crippen molar-refractivity contribution in [3.05, 3.63) is 47.5 Å². The zero-order chi connectivity index (χ0) is 22.6. The molecule has 0 radical (unpaired) electrons. The second-order valence-corrected chi connectivity index (χ2v) is 7.38. The van der Waals surface area contributed by atoms with Crippen molar-refractivity contribution in [2.24, 2.45) is 0 Å². The van der Waals surface area contributed by atoms with Gasteiger partial charge in [-0.1, -0.05) is 12.1 Å². The predicted octanol–water partition coefficient (Wildman–Crippen LogP) is 0.183. The van der Waals surface area contributed by atoms with Gasteiger partial charge in [0.05, 0.1) is 38.6 Å². The summed E-state index contributed by atoms with van der Waals surface area (Å²) >= 11 is 0. The molecule has 0 amide bonds. The minimum Gasteiger partial charge on any atom is -0.398 e. The third-order valence-electron chi connectivity index (χ3n) is 4.71. The summed E-state index contributed by atoms with van der Waals surface area (Å²) in [5.74, 6) is 0. The van der Waals surface area contributed by atoms with Crippen LogP contribution in [0.3, 0.4) is 0 Å². The van der Waals surface area contributed by atoms with E-state index in [-0.39, 0.29) is 26.4 Å². The number of aliphatic hydroxyl groups excluding tert-OH is 4. The summed E-state index contributed by atoms with van der Waals surface area (Å²) < 4.78 is 5.47. The van der Waals surface area contributed by atoms with E-state index in [1.165, 1.54) is 0 Å². The quantitative estimate of drug-likeness (QED) is 0.194. The van der Waals surface area contributed by atoms with Gasteiger partial charge in [0.15, 0.2) is 0 Å². The smallest absolute Gasteiger partial charge is 0.0814 e. The fraction of sp³-hybridized carbons (Fsp3) is 0.455. The predicted molar refractivity (Wildman–Crippen MR) is 123 cm³/mol. The maximum atomic E-state index is 10.2. The van der Waals surface area contributed by atoms with E-state index in [0.717, 1.165) is 22.5 Å². The highest BCUT2D eigenvalue weighted by Crippen LogP contribution is 2.21. The molecular weight excluding hydrogens is 400 g/mol. The molecule has 10 N–H and O–H groups in total. The molecule has 2 unspecified atom stereocenters. The molecule has 2 atom stereocenters. The van der Waals surface area contributed by atoms with Gasteiger partial charge in [0.25, 0.3) is 0 Å². The summed E-state index contributed by atoms with van der Waals surface area (Å²) in [5, 5.41) is 44.2. The van der Waals surface area contributed by atoms with E-state index >= 15 is 0 Å². The summed E-state index contributed by atoms with van der Waals surface area (Å²) in [6.07, 6.45) is -0.852. The van der Waals surface area contributed by atoms with E-state index in [4.69, 9.17) is 26.4 Å². The summed E-state index contributed by atoms with van der Waals surface area (Å²) in [6, 6.07) is 10.9. The number of nitrogens with one attached hydrogen (secondary N) is 2. The van der Waals surface area contributed by atoms with Crippen LogP contribution in [0.15, 0.2) is 36.4 Å². The van der Waals surface area contributed by atoms with E-state index in [9.17, 15) is 10.2 Å². The molecule has 9 heteroatoms. The maximum Gasteiger partial charge on any atom is 0.0814 e. The Bertz CT molecular complexity index is 740. The molecule has 9 nitrogen and oxygen atoms in total. The van der Waals surface area contributed by atoms with Gasteiger partial charge in [-0.3, -0.25) is 0 Å². The van der Waals surface area contributed by atoms with Crippen LogP contribution in [0.2, 0.25) is 0 Å². The third kappa shape index (κ3) is 8.60. The van der Waals surface area contributed by atoms with Gasteiger partial charge in [0, 0.05) is 48.7 Å². The third-order valence-corrected chi connectivity index (χ3v) is 4.71. The second-order valence-electron chi connectivity index (χ2n) is 7.38. The number of nitrogen functional groups attached to an aromatic ring is 2. The number of benzene rings is 2. The Morgan fingerprint density at radius 3 is 1.52 bits per heavy atom. The largest absolute Gasteiger partial charge is 0.398 e. The molecule has 0 aliphatic carbocycles. The van der Waals surface area contributed by atoms with Crippen molar-refractivity contribution in [3.63, 3.8) is 0 Å². The molecule has 0 bridgehead atoms. The van der Waals surface area contributed by atoms with Crippen molar-refractivity contribution < 1.29 is 25.2 Å². The van der Waals surface area contributed by atoms with Crippen molar-refractivity contribution in [1.82, 2.24) is 0 Å². The van der Waals surface area contributed by atoms with Crippen molar-refractivity contribution in [1.29, 1.82) is 0 Å². The van der Waals surface area contributed by atoms with Crippen LogP contribution in [0.4, 0.5) is 22.7 Å².